The van der Waals surface area contributed by atoms with Crippen molar-refractivity contribution in [3.8, 4) is 0 Å². The van der Waals surface area contributed by atoms with Gasteiger partial charge in [0.2, 0.25) is 5.96 Å². The lowest BCUT2D eigenvalue weighted by Crippen LogP contribution is -2.36. The largest absolute Gasteiger partial charge is 0.357 e. The van der Waals surface area contributed by atoms with E-state index in [9.17, 15) is 8.42 Å². The van der Waals surface area contributed by atoms with Crippen LogP contribution in [-0.4, -0.2) is 43.7 Å². The highest BCUT2D eigenvalue weighted by atomic mass is 35.5. The first-order valence-electron chi connectivity index (χ1n) is 9.98. The molecule has 1 atom stereocenters. The highest BCUT2D eigenvalue weighted by molar-refractivity contribution is 7.90. The molecule has 164 valence electrons. The highest BCUT2D eigenvalue weighted by Crippen LogP contribution is 2.29. The van der Waals surface area contributed by atoms with E-state index in [1.54, 1.807) is 60.8 Å². The van der Waals surface area contributed by atoms with E-state index in [-0.39, 0.29) is 16.8 Å². The molecule has 1 N–H and O–H groups in total. The number of nitrogens with zero attached hydrogens (tertiary/aromatic N) is 4. The van der Waals surface area contributed by atoms with Crippen LogP contribution in [0.1, 0.15) is 22.6 Å². The van der Waals surface area contributed by atoms with Gasteiger partial charge in [0.05, 0.1) is 17.2 Å². The molecule has 0 bridgehead atoms. The van der Waals surface area contributed by atoms with E-state index in [1.165, 1.54) is 0 Å². The number of hydrogen-bond donors (Lipinski definition) is 1. The standard InChI is InChI=1S/C23H22ClN5O2S/c1-16-5-11-20(12-6-16)32(30,31)28-23(25-2)29-15-21(18-4-3-13-26-14-18)22(27-29)17-7-9-19(24)10-8-17/h3-14,21H,15H2,1-2H3,(H,25,28). The van der Waals surface area contributed by atoms with Crippen LogP contribution in [0, 0.1) is 6.92 Å². The zero-order valence-electron chi connectivity index (χ0n) is 17.6. The number of hydrazone groups is 1. The average Bonchev–Trinajstić information content (AvgIpc) is 3.24. The Morgan fingerprint density at radius 2 is 1.84 bits per heavy atom. The third-order valence-corrected chi connectivity index (χ3v) is 6.67. The van der Waals surface area contributed by atoms with Crippen molar-refractivity contribution in [2.24, 2.45) is 9.50 Å². The number of aryl methyl sites for hydroxylation is 1. The van der Waals surface area contributed by atoms with Gasteiger partial charge in [0.1, 0.15) is 0 Å². The Balaban J connectivity index is 1.73. The van der Waals surface area contributed by atoms with E-state index in [0.29, 0.717) is 11.6 Å². The number of halogens is 1. The van der Waals surface area contributed by atoms with Gasteiger partial charge >= 0.3 is 0 Å². The normalized spacial score (nSPS) is 16.7. The molecule has 0 amide bonds. The number of nitrogens with one attached hydrogen (secondary N) is 1. The van der Waals surface area contributed by atoms with Gasteiger partial charge in [-0.3, -0.25) is 4.98 Å². The molecule has 7 nitrogen and oxygen atoms in total. The molecule has 2 aromatic carbocycles. The second kappa shape index (κ2) is 9.10. The highest BCUT2D eigenvalue weighted by Gasteiger charge is 2.32. The first-order valence-corrected chi connectivity index (χ1v) is 11.8. The maximum absolute atomic E-state index is 12.9. The lowest BCUT2D eigenvalue weighted by atomic mass is 9.92. The van der Waals surface area contributed by atoms with Gasteiger partial charge in [-0.05, 0) is 48.4 Å². The van der Waals surface area contributed by atoms with E-state index in [4.69, 9.17) is 16.7 Å². The van der Waals surface area contributed by atoms with Crippen LogP contribution in [0.2, 0.25) is 5.02 Å². The van der Waals surface area contributed by atoms with Gasteiger partial charge < -0.3 is 5.32 Å². The predicted octanol–water partition coefficient (Wildman–Crippen LogP) is 3.81. The SMILES string of the molecule is CNC(=NS(=O)(=O)c1ccc(C)cc1)N1CC(c2cccnc2)C(c2ccc(Cl)cc2)=N1. The quantitative estimate of drug-likeness (QED) is 0.465. The van der Waals surface area contributed by atoms with Crippen molar-refractivity contribution in [1.82, 2.24) is 15.3 Å². The molecule has 3 aromatic rings. The molecule has 2 heterocycles. The fourth-order valence-corrected chi connectivity index (χ4v) is 4.58. The second-order valence-corrected chi connectivity index (χ2v) is 9.41. The zero-order valence-corrected chi connectivity index (χ0v) is 19.2. The summed E-state index contributed by atoms with van der Waals surface area (Å²) < 4.78 is 29.8. The van der Waals surface area contributed by atoms with E-state index in [1.807, 2.05) is 31.2 Å². The summed E-state index contributed by atoms with van der Waals surface area (Å²) in [4.78, 5) is 4.36. The summed E-state index contributed by atoms with van der Waals surface area (Å²) in [7, 11) is -2.29. The van der Waals surface area contributed by atoms with Crippen LogP contribution in [0.4, 0.5) is 0 Å². The van der Waals surface area contributed by atoms with Crippen molar-refractivity contribution in [1.29, 1.82) is 0 Å². The first-order chi connectivity index (χ1) is 15.4. The molecule has 0 fully saturated rings. The van der Waals surface area contributed by atoms with Crippen LogP contribution in [0.3, 0.4) is 0 Å². The van der Waals surface area contributed by atoms with Crippen LogP contribution < -0.4 is 5.32 Å². The molecule has 1 aliphatic rings. The molecule has 0 aliphatic carbocycles. The summed E-state index contributed by atoms with van der Waals surface area (Å²) >= 11 is 6.06. The van der Waals surface area contributed by atoms with E-state index in [0.717, 1.165) is 22.4 Å². The number of sulfonamides is 1. The number of aromatic nitrogens is 1. The third kappa shape index (κ3) is 4.66. The third-order valence-electron chi connectivity index (χ3n) is 5.13. The van der Waals surface area contributed by atoms with Gasteiger partial charge in [-0.25, -0.2) is 5.01 Å². The molecule has 9 heteroatoms. The molecule has 1 aromatic heterocycles. The number of benzene rings is 2. The summed E-state index contributed by atoms with van der Waals surface area (Å²) in [6.45, 7) is 2.31. The summed E-state index contributed by atoms with van der Waals surface area (Å²) in [6, 6.07) is 17.8. The number of rotatable bonds is 4. The van der Waals surface area contributed by atoms with Gasteiger partial charge in [0, 0.05) is 30.4 Å². The smallest absolute Gasteiger partial charge is 0.285 e. The average molecular weight is 468 g/mol. The summed E-state index contributed by atoms with van der Waals surface area (Å²) in [5.41, 5.74) is 3.62. The molecule has 32 heavy (non-hydrogen) atoms. The maximum atomic E-state index is 12.9. The maximum Gasteiger partial charge on any atom is 0.285 e. The van der Waals surface area contributed by atoms with E-state index < -0.39 is 10.0 Å². The topological polar surface area (TPSA) is 87.0 Å². The minimum Gasteiger partial charge on any atom is -0.357 e. The second-order valence-electron chi connectivity index (χ2n) is 7.37. The fourth-order valence-electron chi connectivity index (χ4n) is 3.46. The summed E-state index contributed by atoms with van der Waals surface area (Å²) in [6.07, 6.45) is 3.50. The Bertz CT molecular complexity index is 1260. The Morgan fingerprint density at radius 3 is 2.47 bits per heavy atom. The fraction of sp³-hybridized carbons (Fsp3) is 0.174. The lowest BCUT2D eigenvalue weighted by Gasteiger charge is -2.17. The summed E-state index contributed by atoms with van der Waals surface area (Å²) in [5.74, 6) is 0.0222. The lowest BCUT2D eigenvalue weighted by molar-refractivity contribution is 0.460. The number of hydrogen-bond acceptors (Lipinski definition) is 4. The van der Waals surface area contributed by atoms with E-state index >= 15 is 0 Å². The van der Waals surface area contributed by atoms with E-state index in [2.05, 4.69) is 14.7 Å². The van der Waals surface area contributed by atoms with Gasteiger partial charge in [-0.15, -0.1) is 4.40 Å². The number of pyridine rings is 1. The Kier molecular flexibility index (Phi) is 6.25. The molecule has 1 aliphatic heterocycles. The number of guanidine groups is 1. The Hall–Kier alpha value is -3.23. The van der Waals surface area contributed by atoms with Crippen LogP contribution in [0.25, 0.3) is 0 Å². The van der Waals surface area contributed by atoms with Crippen molar-refractivity contribution in [2.75, 3.05) is 13.6 Å². The van der Waals surface area contributed by atoms with Crippen molar-refractivity contribution in [3.63, 3.8) is 0 Å². The van der Waals surface area contributed by atoms with Crippen molar-refractivity contribution in [2.45, 2.75) is 17.7 Å². The molecule has 0 radical (unpaired) electrons. The first kappa shape index (κ1) is 22.0. The molecule has 0 spiro atoms. The monoisotopic (exact) mass is 467 g/mol. The Labute approximate surface area is 192 Å². The van der Waals surface area contributed by atoms with Crippen molar-refractivity contribution >= 4 is 33.3 Å². The van der Waals surface area contributed by atoms with Gasteiger partial charge in [-0.1, -0.05) is 47.5 Å². The molecular weight excluding hydrogens is 446 g/mol. The van der Waals surface area contributed by atoms with Crippen LogP contribution >= 0.6 is 11.6 Å². The Morgan fingerprint density at radius 1 is 1.12 bits per heavy atom. The molecule has 0 saturated heterocycles. The van der Waals surface area contributed by atoms with Crippen molar-refractivity contribution < 1.29 is 8.42 Å². The molecule has 4 rings (SSSR count). The van der Waals surface area contributed by atoms with Gasteiger partial charge in [-0.2, -0.15) is 13.5 Å². The zero-order chi connectivity index (χ0) is 22.7. The molecule has 0 saturated carbocycles. The minimum atomic E-state index is -3.91. The van der Waals surface area contributed by atoms with Gasteiger partial charge in [0.25, 0.3) is 10.0 Å². The molecule has 1 unspecified atom stereocenters. The predicted molar refractivity (Wildman–Crippen MR) is 127 cm³/mol. The minimum absolute atomic E-state index is 0.120. The van der Waals surface area contributed by atoms with Crippen LogP contribution in [0.15, 0.2) is 87.5 Å². The summed E-state index contributed by atoms with van der Waals surface area (Å²) in [5, 5.41) is 9.82. The van der Waals surface area contributed by atoms with Crippen LogP contribution in [-0.2, 0) is 10.0 Å². The van der Waals surface area contributed by atoms with Crippen molar-refractivity contribution in [3.05, 3.63) is 94.8 Å². The van der Waals surface area contributed by atoms with Gasteiger partial charge in [0.15, 0.2) is 0 Å². The van der Waals surface area contributed by atoms with Crippen LogP contribution in [0.5, 0.6) is 0 Å². The molecular formula is C23H22ClN5O2S.